The van der Waals surface area contributed by atoms with Crippen LogP contribution < -0.4 is 5.32 Å². The van der Waals surface area contributed by atoms with E-state index < -0.39 is 0 Å². The molecule has 0 radical (unpaired) electrons. The first kappa shape index (κ1) is 9.51. The fourth-order valence-electron chi connectivity index (χ4n) is 3.97. The van der Waals surface area contributed by atoms with Crippen LogP contribution >= 0.6 is 0 Å². The summed E-state index contributed by atoms with van der Waals surface area (Å²) in [6.07, 6.45) is 2.84. The van der Waals surface area contributed by atoms with Crippen molar-refractivity contribution in [1.29, 1.82) is 0 Å². The number of hydrogen-bond acceptors (Lipinski definition) is 1. The van der Waals surface area contributed by atoms with Crippen molar-refractivity contribution in [3.8, 4) is 0 Å². The second kappa shape index (κ2) is 2.73. The summed E-state index contributed by atoms with van der Waals surface area (Å²) in [5.41, 5.74) is 1.21. The zero-order valence-corrected chi connectivity index (χ0v) is 9.48. The summed E-state index contributed by atoms with van der Waals surface area (Å²) in [6.45, 7) is 12.3. The van der Waals surface area contributed by atoms with Crippen LogP contribution in [0.15, 0.2) is 0 Å². The van der Waals surface area contributed by atoms with Crippen molar-refractivity contribution in [2.75, 3.05) is 13.1 Å². The van der Waals surface area contributed by atoms with E-state index in [0.717, 1.165) is 11.8 Å². The summed E-state index contributed by atoms with van der Waals surface area (Å²) in [4.78, 5) is 0. The Balaban J connectivity index is 2.24. The smallest absolute Gasteiger partial charge is 0.00137 e. The topological polar surface area (TPSA) is 12.0 Å². The number of hydrogen-bond donors (Lipinski definition) is 1. The largest absolute Gasteiger partial charge is 0.316 e. The van der Waals surface area contributed by atoms with E-state index in [1.165, 1.54) is 25.9 Å². The van der Waals surface area contributed by atoms with Gasteiger partial charge in [0.1, 0.15) is 0 Å². The van der Waals surface area contributed by atoms with Crippen molar-refractivity contribution < 1.29 is 0 Å². The molecule has 1 nitrogen and oxygen atoms in total. The van der Waals surface area contributed by atoms with Gasteiger partial charge >= 0.3 is 0 Å². The molecular weight excluding hydrogens is 158 g/mol. The lowest BCUT2D eigenvalue weighted by atomic mass is 9.71. The maximum Gasteiger partial charge on any atom is 0.00137 e. The van der Waals surface area contributed by atoms with Crippen LogP contribution in [0.1, 0.15) is 40.5 Å². The Morgan fingerprint density at radius 2 is 1.85 bits per heavy atom. The molecule has 2 aliphatic rings. The SMILES string of the molecule is CC1CNCC12CC(C)(C)CC2C. The molecule has 1 heterocycles. The zero-order valence-electron chi connectivity index (χ0n) is 9.48. The molecule has 1 spiro atoms. The first-order valence-corrected chi connectivity index (χ1v) is 5.67. The molecule has 1 N–H and O–H groups in total. The maximum atomic E-state index is 3.57. The van der Waals surface area contributed by atoms with Gasteiger partial charge in [-0.1, -0.05) is 27.7 Å². The maximum absolute atomic E-state index is 3.57. The van der Waals surface area contributed by atoms with Gasteiger partial charge in [0.15, 0.2) is 0 Å². The molecule has 0 bridgehead atoms. The third kappa shape index (κ3) is 1.32. The fraction of sp³-hybridized carbons (Fsp3) is 1.00. The molecule has 1 saturated heterocycles. The van der Waals surface area contributed by atoms with Crippen molar-refractivity contribution in [3.05, 3.63) is 0 Å². The summed E-state index contributed by atoms with van der Waals surface area (Å²) in [7, 11) is 0. The second-order valence-electron chi connectivity index (χ2n) is 6.21. The molecule has 13 heavy (non-hydrogen) atoms. The molecule has 2 fully saturated rings. The molecular formula is C12H23N. The van der Waals surface area contributed by atoms with Crippen LogP contribution in [-0.4, -0.2) is 13.1 Å². The second-order valence-corrected chi connectivity index (χ2v) is 6.21. The van der Waals surface area contributed by atoms with E-state index in [9.17, 15) is 0 Å². The highest BCUT2D eigenvalue weighted by molar-refractivity contribution is 5.04. The van der Waals surface area contributed by atoms with Gasteiger partial charge in [-0.3, -0.25) is 0 Å². The monoisotopic (exact) mass is 181 g/mol. The van der Waals surface area contributed by atoms with Crippen molar-refractivity contribution in [1.82, 2.24) is 5.32 Å². The van der Waals surface area contributed by atoms with Gasteiger partial charge in [0.25, 0.3) is 0 Å². The summed E-state index contributed by atoms with van der Waals surface area (Å²) < 4.78 is 0. The standard InChI is InChI=1S/C12H23N/c1-9-5-11(3,4)7-12(9)8-13-6-10(12)2/h9-10,13H,5-8H2,1-4H3. The first-order chi connectivity index (χ1) is 5.96. The lowest BCUT2D eigenvalue weighted by Crippen LogP contribution is -2.31. The zero-order chi connectivity index (χ0) is 9.69. The Kier molecular flexibility index (Phi) is 1.99. The van der Waals surface area contributed by atoms with E-state index in [4.69, 9.17) is 0 Å². The predicted molar refractivity (Wildman–Crippen MR) is 56.6 cm³/mol. The van der Waals surface area contributed by atoms with Crippen LogP contribution in [-0.2, 0) is 0 Å². The van der Waals surface area contributed by atoms with Gasteiger partial charge in [0, 0.05) is 6.54 Å². The van der Waals surface area contributed by atoms with Crippen LogP contribution in [0.5, 0.6) is 0 Å². The summed E-state index contributed by atoms with van der Waals surface area (Å²) in [5, 5.41) is 3.57. The van der Waals surface area contributed by atoms with Crippen LogP contribution in [0, 0.1) is 22.7 Å². The summed E-state index contributed by atoms with van der Waals surface area (Å²) in [5.74, 6) is 1.79. The molecule has 0 amide bonds. The van der Waals surface area contributed by atoms with Crippen LogP contribution in [0.25, 0.3) is 0 Å². The highest BCUT2D eigenvalue weighted by Crippen LogP contribution is 2.57. The third-order valence-corrected chi connectivity index (χ3v) is 4.53. The van der Waals surface area contributed by atoms with Crippen molar-refractivity contribution >= 4 is 0 Å². The Labute approximate surface area is 82.3 Å². The lowest BCUT2D eigenvalue weighted by Gasteiger charge is -2.33. The molecule has 1 saturated carbocycles. The predicted octanol–water partition coefficient (Wildman–Crippen LogP) is 2.67. The average Bonchev–Trinajstić information content (AvgIpc) is 2.40. The van der Waals surface area contributed by atoms with E-state index in [0.29, 0.717) is 10.8 Å². The summed E-state index contributed by atoms with van der Waals surface area (Å²) in [6, 6.07) is 0. The van der Waals surface area contributed by atoms with Gasteiger partial charge in [-0.2, -0.15) is 0 Å². The van der Waals surface area contributed by atoms with E-state index >= 15 is 0 Å². The van der Waals surface area contributed by atoms with E-state index in [2.05, 4.69) is 33.0 Å². The third-order valence-electron chi connectivity index (χ3n) is 4.53. The molecule has 0 aromatic heterocycles. The Bertz CT molecular complexity index is 209. The number of rotatable bonds is 0. The molecule has 1 aliphatic heterocycles. The minimum absolute atomic E-state index is 0.583. The van der Waals surface area contributed by atoms with Gasteiger partial charge in [0.2, 0.25) is 0 Å². The first-order valence-electron chi connectivity index (χ1n) is 5.67. The minimum atomic E-state index is 0.583. The van der Waals surface area contributed by atoms with Gasteiger partial charge in [0.05, 0.1) is 0 Å². The minimum Gasteiger partial charge on any atom is -0.316 e. The van der Waals surface area contributed by atoms with Crippen LogP contribution in [0.3, 0.4) is 0 Å². The highest BCUT2D eigenvalue weighted by Gasteiger charge is 2.53. The van der Waals surface area contributed by atoms with Crippen molar-refractivity contribution in [2.24, 2.45) is 22.7 Å². The van der Waals surface area contributed by atoms with Crippen molar-refractivity contribution in [2.45, 2.75) is 40.5 Å². The molecule has 3 atom stereocenters. The highest BCUT2D eigenvalue weighted by atomic mass is 14.9. The van der Waals surface area contributed by atoms with Gasteiger partial charge < -0.3 is 5.32 Å². The molecule has 76 valence electrons. The molecule has 0 aromatic carbocycles. The molecule has 0 aromatic rings. The molecule has 1 aliphatic carbocycles. The van der Waals surface area contributed by atoms with E-state index in [-0.39, 0.29) is 0 Å². The van der Waals surface area contributed by atoms with Gasteiger partial charge in [-0.15, -0.1) is 0 Å². The Morgan fingerprint density at radius 3 is 2.23 bits per heavy atom. The molecule has 1 heteroatoms. The van der Waals surface area contributed by atoms with Crippen molar-refractivity contribution in [3.63, 3.8) is 0 Å². The number of nitrogens with one attached hydrogen (secondary N) is 1. The molecule has 2 rings (SSSR count). The van der Waals surface area contributed by atoms with Gasteiger partial charge in [-0.05, 0) is 42.1 Å². The fourth-order valence-corrected chi connectivity index (χ4v) is 3.97. The normalized spacial score (nSPS) is 48.9. The van der Waals surface area contributed by atoms with Crippen LogP contribution in [0.2, 0.25) is 0 Å². The lowest BCUT2D eigenvalue weighted by molar-refractivity contribution is 0.170. The Hall–Kier alpha value is -0.0400. The van der Waals surface area contributed by atoms with Gasteiger partial charge in [-0.25, -0.2) is 0 Å². The van der Waals surface area contributed by atoms with E-state index in [1.807, 2.05) is 0 Å². The quantitative estimate of drug-likeness (QED) is 0.606. The molecule has 3 unspecified atom stereocenters. The summed E-state index contributed by atoms with van der Waals surface area (Å²) >= 11 is 0. The van der Waals surface area contributed by atoms with E-state index in [1.54, 1.807) is 0 Å². The average molecular weight is 181 g/mol. The van der Waals surface area contributed by atoms with Crippen LogP contribution in [0.4, 0.5) is 0 Å². The Morgan fingerprint density at radius 1 is 1.15 bits per heavy atom.